The highest BCUT2D eigenvalue weighted by Crippen LogP contribution is 2.40. The van der Waals surface area contributed by atoms with Gasteiger partial charge in [0, 0.05) is 23.4 Å². The molecule has 1 aromatic heterocycles. The molecule has 0 bridgehead atoms. The molecule has 2 rings (SSSR count). The second-order valence-corrected chi connectivity index (χ2v) is 7.94. The third-order valence-corrected chi connectivity index (χ3v) is 5.17. The van der Waals surface area contributed by atoms with Crippen LogP contribution in [0, 0.1) is 0 Å². The standard InChI is InChI=1S/C16H28N2OS/c1-6-17-11-12-13(15(2,3)4)18-14(20-12)16(5)9-7-8-10-19-16/h17H,6-11H2,1-5H3. The summed E-state index contributed by atoms with van der Waals surface area (Å²) in [6.07, 6.45) is 3.51. The van der Waals surface area contributed by atoms with Gasteiger partial charge in [0.05, 0.1) is 5.69 Å². The van der Waals surface area contributed by atoms with Crippen LogP contribution in [0.3, 0.4) is 0 Å². The zero-order chi connectivity index (χ0) is 14.8. The Balaban J connectivity index is 2.32. The van der Waals surface area contributed by atoms with E-state index in [1.54, 1.807) is 0 Å². The summed E-state index contributed by atoms with van der Waals surface area (Å²) >= 11 is 1.83. The van der Waals surface area contributed by atoms with Crippen LogP contribution in [0.2, 0.25) is 0 Å². The number of nitrogens with zero attached hydrogens (tertiary/aromatic N) is 1. The number of thiazole rings is 1. The summed E-state index contributed by atoms with van der Waals surface area (Å²) in [7, 11) is 0. The molecule has 1 aliphatic rings. The molecule has 20 heavy (non-hydrogen) atoms. The average molecular weight is 296 g/mol. The lowest BCUT2D eigenvalue weighted by molar-refractivity contribution is -0.0703. The van der Waals surface area contributed by atoms with Gasteiger partial charge in [-0.1, -0.05) is 27.7 Å². The maximum absolute atomic E-state index is 6.06. The molecule has 3 nitrogen and oxygen atoms in total. The van der Waals surface area contributed by atoms with E-state index in [0.29, 0.717) is 0 Å². The molecular weight excluding hydrogens is 268 g/mol. The summed E-state index contributed by atoms with van der Waals surface area (Å²) in [6, 6.07) is 0. The van der Waals surface area contributed by atoms with E-state index in [2.05, 4.69) is 39.9 Å². The first kappa shape index (κ1) is 15.9. The van der Waals surface area contributed by atoms with Crippen molar-refractivity contribution in [2.45, 2.75) is 71.4 Å². The van der Waals surface area contributed by atoms with E-state index < -0.39 is 0 Å². The predicted molar refractivity (Wildman–Crippen MR) is 85.3 cm³/mol. The molecule has 1 saturated heterocycles. The van der Waals surface area contributed by atoms with E-state index in [-0.39, 0.29) is 11.0 Å². The van der Waals surface area contributed by atoms with Gasteiger partial charge >= 0.3 is 0 Å². The Hall–Kier alpha value is -0.450. The minimum Gasteiger partial charge on any atom is -0.368 e. The van der Waals surface area contributed by atoms with Crippen molar-refractivity contribution in [1.29, 1.82) is 0 Å². The molecule has 0 spiro atoms. The zero-order valence-electron chi connectivity index (χ0n) is 13.5. The Morgan fingerprint density at radius 1 is 1.35 bits per heavy atom. The molecule has 114 valence electrons. The smallest absolute Gasteiger partial charge is 0.125 e. The van der Waals surface area contributed by atoms with Gasteiger partial charge in [-0.3, -0.25) is 0 Å². The Morgan fingerprint density at radius 2 is 2.10 bits per heavy atom. The molecule has 0 radical (unpaired) electrons. The lowest BCUT2D eigenvalue weighted by atomic mass is 9.91. The maximum atomic E-state index is 6.06. The lowest BCUT2D eigenvalue weighted by Gasteiger charge is -2.32. The number of nitrogens with one attached hydrogen (secondary N) is 1. The van der Waals surface area contributed by atoms with Gasteiger partial charge in [0.2, 0.25) is 0 Å². The van der Waals surface area contributed by atoms with Crippen LogP contribution in [0.25, 0.3) is 0 Å². The Labute approximate surface area is 127 Å². The first-order chi connectivity index (χ1) is 9.37. The van der Waals surface area contributed by atoms with Crippen molar-refractivity contribution in [3.05, 3.63) is 15.6 Å². The summed E-state index contributed by atoms with van der Waals surface area (Å²) in [5.41, 5.74) is 1.15. The lowest BCUT2D eigenvalue weighted by Crippen LogP contribution is -2.30. The van der Waals surface area contributed by atoms with E-state index in [1.807, 2.05) is 11.3 Å². The molecule has 0 aliphatic carbocycles. The Bertz CT molecular complexity index is 442. The fraction of sp³-hybridized carbons (Fsp3) is 0.812. The number of hydrogen-bond acceptors (Lipinski definition) is 4. The van der Waals surface area contributed by atoms with Crippen LogP contribution >= 0.6 is 11.3 Å². The van der Waals surface area contributed by atoms with E-state index in [4.69, 9.17) is 9.72 Å². The third kappa shape index (κ3) is 3.41. The van der Waals surface area contributed by atoms with Crippen molar-refractivity contribution in [2.75, 3.05) is 13.2 Å². The third-order valence-electron chi connectivity index (χ3n) is 3.86. The van der Waals surface area contributed by atoms with Crippen molar-refractivity contribution < 1.29 is 4.74 Å². The Morgan fingerprint density at radius 3 is 2.65 bits per heavy atom. The van der Waals surface area contributed by atoms with Gasteiger partial charge in [0.15, 0.2) is 0 Å². The van der Waals surface area contributed by atoms with Gasteiger partial charge in [-0.05, 0) is 32.7 Å². The van der Waals surface area contributed by atoms with Crippen LogP contribution in [0.5, 0.6) is 0 Å². The predicted octanol–water partition coefficient (Wildman–Crippen LogP) is 3.97. The normalized spacial score (nSPS) is 24.1. The molecule has 1 fully saturated rings. The number of ether oxygens (including phenoxy) is 1. The highest BCUT2D eigenvalue weighted by atomic mass is 32.1. The van der Waals surface area contributed by atoms with Gasteiger partial charge in [0.25, 0.3) is 0 Å². The van der Waals surface area contributed by atoms with Crippen LogP contribution in [-0.2, 0) is 22.3 Å². The second kappa shape index (κ2) is 6.12. The van der Waals surface area contributed by atoms with Gasteiger partial charge < -0.3 is 10.1 Å². The quantitative estimate of drug-likeness (QED) is 0.913. The van der Waals surface area contributed by atoms with E-state index >= 15 is 0 Å². The van der Waals surface area contributed by atoms with Crippen LogP contribution in [0.4, 0.5) is 0 Å². The summed E-state index contributed by atoms with van der Waals surface area (Å²) < 4.78 is 6.06. The zero-order valence-corrected chi connectivity index (χ0v) is 14.3. The minimum atomic E-state index is -0.173. The van der Waals surface area contributed by atoms with E-state index in [0.717, 1.165) is 31.1 Å². The molecule has 1 aromatic rings. The SMILES string of the molecule is CCNCc1sc(C2(C)CCCCO2)nc1C(C)(C)C. The van der Waals surface area contributed by atoms with Crippen molar-refractivity contribution >= 4 is 11.3 Å². The molecule has 0 aromatic carbocycles. The highest BCUT2D eigenvalue weighted by Gasteiger charge is 2.35. The van der Waals surface area contributed by atoms with Gasteiger partial charge in [0.1, 0.15) is 10.6 Å². The topological polar surface area (TPSA) is 34.1 Å². The van der Waals surface area contributed by atoms with Gasteiger partial charge in [-0.2, -0.15) is 0 Å². The summed E-state index contributed by atoms with van der Waals surface area (Å²) in [4.78, 5) is 6.35. The van der Waals surface area contributed by atoms with Crippen LogP contribution in [0.1, 0.15) is 69.5 Å². The molecule has 1 N–H and O–H groups in total. The summed E-state index contributed by atoms with van der Waals surface area (Å²) in [5.74, 6) is 0. The molecule has 1 aliphatic heterocycles. The van der Waals surface area contributed by atoms with Crippen LogP contribution in [0.15, 0.2) is 0 Å². The van der Waals surface area contributed by atoms with Crippen LogP contribution < -0.4 is 5.32 Å². The molecule has 4 heteroatoms. The molecule has 0 amide bonds. The average Bonchev–Trinajstić information content (AvgIpc) is 2.82. The van der Waals surface area contributed by atoms with Gasteiger partial charge in [-0.15, -0.1) is 11.3 Å². The van der Waals surface area contributed by atoms with E-state index in [9.17, 15) is 0 Å². The molecular formula is C16H28N2OS. The van der Waals surface area contributed by atoms with Gasteiger partial charge in [-0.25, -0.2) is 4.98 Å². The number of hydrogen-bond donors (Lipinski definition) is 1. The van der Waals surface area contributed by atoms with Crippen molar-refractivity contribution in [1.82, 2.24) is 10.3 Å². The number of rotatable bonds is 4. The van der Waals surface area contributed by atoms with Crippen molar-refractivity contribution in [3.63, 3.8) is 0 Å². The fourth-order valence-electron chi connectivity index (χ4n) is 2.62. The second-order valence-electron chi connectivity index (χ2n) is 6.86. The van der Waals surface area contributed by atoms with Crippen molar-refractivity contribution in [3.8, 4) is 0 Å². The first-order valence-electron chi connectivity index (χ1n) is 7.72. The van der Waals surface area contributed by atoms with E-state index in [1.165, 1.54) is 23.4 Å². The maximum Gasteiger partial charge on any atom is 0.125 e. The largest absolute Gasteiger partial charge is 0.368 e. The first-order valence-corrected chi connectivity index (χ1v) is 8.54. The monoisotopic (exact) mass is 296 g/mol. The van der Waals surface area contributed by atoms with Crippen LogP contribution in [-0.4, -0.2) is 18.1 Å². The highest BCUT2D eigenvalue weighted by molar-refractivity contribution is 7.11. The molecule has 0 saturated carbocycles. The fourth-order valence-corrected chi connectivity index (χ4v) is 3.99. The molecule has 1 atom stereocenters. The minimum absolute atomic E-state index is 0.0878. The number of aromatic nitrogens is 1. The molecule has 1 unspecified atom stereocenters. The van der Waals surface area contributed by atoms with Crippen molar-refractivity contribution in [2.24, 2.45) is 0 Å². The molecule has 2 heterocycles. The Kier molecular flexibility index (Phi) is 4.88. The summed E-state index contributed by atoms with van der Waals surface area (Å²) in [6.45, 7) is 13.8. The summed E-state index contributed by atoms with van der Waals surface area (Å²) in [5, 5.41) is 4.60.